The first kappa shape index (κ1) is 20.6. The van der Waals surface area contributed by atoms with Crippen molar-refractivity contribution >= 4 is 29.1 Å². The lowest BCUT2D eigenvalue weighted by Gasteiger charge is -2.29. The molecule has 30 heavy (non-hydrogen) atoms. The van der Waals surface area contributed by atoms with E-state index in [0.29, 0.717) is 12.3 Å². The molecule has 0 aliphatic carbocycles. The van der Waals surface area contributed by atoms with E-state index in [0.717, 1.165) is 44.1 Å². The number of hydrogen-bond acceptors (Lipinski definition) is 7. The Hall–Kier alpha value is -2.68. The maximum atomic E-state index is 12.9. The fourth-order valence-corrected chi connectivity index (χ4v) is 4.65. The van der Waals surface area contributed by atoms with Gasteiger partial charge in [0.05, 0.1) is 31.1 Å². The van der Waals surface area contributed by atoms with E-state index in [9.17, 15) is 14.7 Å². The van der Waals surface area contributed by atoms with Gasteiger partial charge in [0, 0.05) is 31.1 Å². The van der Waals surface area contributed by atoms with E-state index in [4.69, 9.17) is 9.15 Å². The number of aliphatic hydroxyl groups excluding tert-OH is 1. The van der Waals surface area contributed by atoms with Crippen molar-refractivity contribution in [1.82, 2.24) is 9.80 Å². The lowest BCUT2D eigenvalue weighted by Crippen LogP contribution is -2.39. The van der Waals surface area contributed by atoms with Gasteiger partial charge in [-0.1, -0.05) is 6.07 Å². The summed E-state index contributed by atoms with van der Waals surface area (Å²) in [7, 11) is 0. The average Bonchev–Trinajstić information content (AvgIpc) is 3.51. The van der Waals surface area contributed by atoms with Gasteiger partial charge in [0.15, 0.2) is 11.5 Å². The van der Waals surface area contributed by atoms with Gasteiger partial charge >= 0.3 is 0 Å². The lowest BCUT2D eigenvalue weighted by atomic mass is 10.0. The quantitative estimate of drug-likeness (QED) is 0.651. The minimum Gasteiger partial charge on any atom is -0.503 e. The summed E-state index contributed by atoms with van der Waals surface area (Å²) >= 11 is 1.47. The van der Waals surface area contributed by atoms with Gasteiger partial charge in [-0.25, -0.2) is 0 Å². The first-order valence-corrected chi connectivity index (χ1v) is 10.9. The Morgan fingerprint density at radius 1 is 1.23 bits per heavy atom. The number of allylic oxidation sites excluding steroid dienone is 1. The van der Waals surface area contributed by atoms with Crippen molar-refractivity contribution in [2.24, 2.45) is 0 Å². The van der Waals surface area contributed by atoms with Gasteiger partial charge in [-0.3, -0.25) is 14.5 Å². The number of morpholine rings is 1. The number of amides is 1. The molecule has 4 rings (SSSR count). The first-order chi connectivity index (χ1) is 14.6. The molecular formula is C22H24N2O5S. The van der Waals surface area contributed by atoms with Crippen molar-refractivity contribution in [3.05, 3.63) is 64.0 Å². The molecule has 158 valence electrons. The van der Waals surface area contributed by atoms with Gasteiger partial charge in [-0.15, -0.1) is 11.3 Å². The molecule has 0 unspecified atom stereocenters. The van der Waals surface area contributed by atoms with E-state index in [1.807, 2.05) is 17.5 Å². The van der Waals surface area contributed by atoms with E-state index in [1.165, 1.54) is 23.7 Å². The summed E-state index contributed by atoms with van der Waals surface area (Å²) in [6, 6.07) is 6.65. The molecule has 2 aliphatic rings. The topological polar surface area (TPSA) is 83.2 Å². The largest absolute Gasteiger partial charge is 0.503 e. The summed E-state index contributed by atoms with van der Waals surface area (Å²) < 4.78 is 10.6. The first-order valence-electron chi connectivity index (χ1n) is 9.98. The molecular weight excluding hydrogens is 404 g/mol. The number of ketones is 1. The van der Waals surface area contributed by atoms with Crippen molar-refractivity contribution in [2.45, 2.75) is 12.5 Å². The minimum atomic E-state index is -0.573. The van der Waals surface area contributed by atoms with Crippen LogP contribution >= 0.6 is 11.3 Å². The summed E-state index contributed by atoms with van der Waals surface area (Å²) in [5.41, 5.74) is 0.122. The Bertz CT molecular complexity index is 927. The summed E-state index contributed by atoms with van der Waals surface area (Å²) in [6.07, 6.45) is 5.16. The maximum Gasteiger partial charge on any atom is 0.290 e. The number of hydrogen-bond donors (Lipinski definition) is 1. The predicted molar refractivity (Wildman–Crippen MR) is 113 cm³/mol. The number of rotatable bonds is 8. The fraction of sp³-hybridized carbons (Fsp3) is 0.364. The number of carbonyl (C=O) groups is 2. The summed E-state index contributed by atoms with van der Waals surface area (Å²) in [5, 5.41) is 12.5. The molecule has 1 fully saturated rings. The third-order valence-corrected chi connectivity index (χ3v) is 6.23. The molecule has 0 bridgehead atoms. The van der Waals surface area contributed by atoms with Crippen LogP contribution in [-0.4, -0.2) is 66.0 Å². The standard InChI is InChI=1S/C22H24N2O5S/c25-17(7-6-16-4-1-12-29-16)19-20(18-5-2-15-30-18)24(22(27)21(19)26)9-3-8-23-10-13-28-14-11-23/h1-2,4-7,12,15,20,26H,3,8-11,13-14H2/b7-6+/t20-/m1/s1. The zero-order valence-electron chi connectivity index (χ0n) is 16.5. The van der Waals surface area contributed by atoms with Crippen LogP contribution in [0.4, 0.5) is 0 Å². The molecule has 2 aliphatic heterocycles. The highest BCUT2D eigenvalue weighted by Crippen LogP contribution is 2.39. The predicted octanol–water partition coefficient (Wildman–Crippen LogP) is 3.04. The van der Waals surface area contributed by atoms with Crippen LogP contribution in [0, 0.1) is 0 Å². The molecule has 0 aromatic carbocycles. The number of carbonyl (C=O) groups excluding carboxylic acids is 2. The molecule has 1 saturated heterocycles. The molecule has 2 aromatic heterocycles. The number of furan rings is 1. The Balaban J connectivity index is 1.51. The van der Waals surface area contributed by atoms with Crippen molar-refractivity contribution in [1.29, 1.82) is 0 Å². The highest BCUT2D eigenvalue weighted by Gasteiger charge is 2.43. The number of thiophene rings is 1. The highest BCUT2D eigenvalue weighted by atomic mass is 32.1. The van der Waals surface area contributed by atoms with Crippen LogP contribution in [0.2, 0.25) is 0 Å². The zero-order chi connectivity index (χ0) is 20.9. The van der Waals surface area contributed by atoms with Gasteiger partial charge in [0.25, 0.3) is 5.91 Å². The summed E-state index contributed by atoms with van der Waals surface area (Å²) in [5.74, 6) is -0.826. The molecule has 1 N–H and O–H groups in total. The van der Waals surface area contributed by atoms with Gasteiger partial charge in [-0.05, 0) is 42.2 Å². The summed E-state index contributed by atoms with van der Waals surface area (Å²) in [6.45, 7) is 4.52. The Morgan fingerprint density at radius 3 is 2.77 bits per heavy atom. The zero-order valence-corrected chi connectivity index (χ0v) is 17.3. The average molecular weight is 429 g/mol. The SMILES string of the molecule is O=C(/C=C/c1ccco1)C1=C(O)C(=O)N(CCCN2CCOCC2)[C@@H]1c1cccs1. The number of nitrogens with zero attached hydrogens (tertiary/aromatic N) is 2. The van der Waals surface area contributed by atoms with Gasteiger partial charge in [-0.2, -0.15) is 0 Å². The van der Waals surface area contributed by atoms with Crippen LogP contribution in [-0.2, 0) is 14.3 Å². The molecule has 1 atom stereocenters. The van der Waals surface area contributed by atoms with Crippen LogP contribution in [0.15, 0.2) is 57.7 Å². The fourth-order valence-electron chi connectivity index (χ4n) is 3.80. The third-order valence-electron chi connectivity index (χ3n) is 5.30. The molecule has 0 radical (unpaired) electrons. The van der Waals surface area contributed by atoms with Crippen molar-refractivity contribution in [3.8, 4) is 0 Å². The second-order valence-corrected chi connectivity index (χ2v) is 8.18. The van der Waals surface area contributed by atoms with Crippen LogP contribution < -0.4 is 0 Å². The van der Waals surface area contributed by atoms with E-state index in [2.05, 4.69) is 4.90 Å². The van der Waals surface area contributed by atoms with Crippen LogP contribution in [0.25, 0.3) is 6.08 Å². The van der Waals surface area contributed by atoms with Crippen LogP contribution in [0.5, 0.6) is 0 Å². The smallest absolute Gasteiger partial charge is 0.290 e. The van der Waals surface area contributed by atoms with E-state index in [-0.39, 0.29) is 5.57 Å². The number of aliphatic hydroxyl groups is 1. The normalized spacial score (nSPS) is 20.6. The summed E-state index contributed by atoms with van der Waals surface area (Å²) in [4.78, 5) is 30.5. The molecule has 4 heterocycles. The molecule has 2 aromatic rings. The minimum absolute atomic E-state index is 0.122. The van der Waals surface area contributed by atoms with Gasteiger partial charge in [0.2, 0.25) is 0 Å². The number of ether oxygens (including phenoxy) is 1. The second-order valence-electron chi connectivity index (χ2n) is 7.20. The highest BCUT2D eigenvalue weighted by molar-refractivity contribution is 7.10. The Morgan fingerprint density at radius 2 is 2.07 bits per heavy atom. The van der Waals surface area contributed by atoms with Crippen molar-refractivity contribution < 1.29 is 23.8 Å². The van der Waals surface area contributed by atoms with Crippen molar-refractivity contribution in [2.75, 3.05) is 39.4 Å². The Kier molecular flexibility index (Phi) is 6.47. The van der Waals surface area contributed by atoms with Crippen LogP contribution in [0.1, 0.15) is 23.1 Å². The third kappa shape index (κ3) is 4.40. The lowest BCUT2D eigenvalue weighted by molar-refractivity contribution is -0.129. The van der Waals surface area contributed by atoms with Gasteiger partial charge < -0.3 is 19.2 Å². The maximum absolute atomic E-state index is 12.9. The van der Waals surface area contributed by atoms with E-state index >= 15 is 0 Å². The molecule has 1 amide bonds. The van der Waals surface area contributed by atoms with E-state index in [1.54, 1.807) is 23.1 Å². The molecule has 8 heteroatoms. The second kappa shape index (κ2) is 9.42. The van der Waals surface area contributed by atoms with Crippen LogP contribution in [0.3, 0.4) is 0 Å². The van der Waals surface area contributed by atoms with Crippen molar-refractivity contribution in [3.63, 3.8) is 0 Å². The molecule has 0 saturated carbocycles. The molecule has 7 nitrogen and oxygen atoms in total. The molecule has 0 spiro atoms. The van der Waals surface area contributed by atoms with E-state index < -0.39 is 23.5 Å². The monoisotopic (exact) mass is 428 g/mol. The Labute approximate surface area is 178 Å². The van der Waals surface area contributed by atoms with Gasteiger partial charge in [0.1, 0.15) is 5.76 Å².